The van der Waals surface area contributed by atoms with E-state index in [-0.39, 0.29) is 17.4 Å². The van der Waals surface area contributed by atoms with Gasteiger partial charge in [-0.25, -0.2) is 13.1 Å². The summed E-state index contributed by atoms with van der Waals surface area (Å²) in [5.41, 5.74) is 1.49. The first kappa shape index (κ1) is 20.2. The summed E-state index contributed by atoms with van der Waals surface area (Å²) in [6, 6.07) is 11.7. The molecule has 1 unspecified atom stereocenters. The second-order valence-corrected chi connectivity index (χ2v) is 9.26. The van der Waals surface area contributed by atoms with Gasteiger partial charge in [-0.1, -0.05) is 11.6 Å². The highest BCUT2D eigenvalue weighted by atomic mass is 35.5. The number of benzene rings is 1. The number of sulfone groups is 1. The zero-order valence-electron chi connectivity index (χ0n) is 15.7. The van der Waals surface area contributed by atoms with Crippen LogP contribution in [-0.4, -0.2) is 54.1 Å². The molecule has 28 heavy (non-hydrogen) atoms. The molecular weight excluding hydrogens is 402 g/mol. The minimum absolute atomic E-state index is 0.127. The van der Waals surface area contributed by atoms with Crippen LogP contribution in [0.3, 0.4) is 0 Å². The maximum atomic E-state index is 12.9. The molecule has 0 N–H and O–H groups in total. The Balaban J connectivity index is 1.99. The van der Waals surface area contributed by atoms with E-state index in [1.807, 2.05) is 0 Å². The lowest BCUT2D eigenvalue weighted by Crippen LogP contribution is -2.39. The highest BCUT2D eigenvalue weighted by molar-refractivity contribution is 7.90. The summed E-state index contributed by atoms with van der Waals surface area (Å²) in [4.78, 5) is 14.3. The molecule has 0 aliphatic heterocycles. The lowest BCUT2D eigenvalue weighted by Gasteiger charge is -2.23. The molecule has 7 nitrogen and oxygen atoms in total. The quantitative estimate of drug-likeness (QED) is 0.609. The lowest BCUT2D eigenvalue weighted by molar-refractivity contribution is 0.0750. The fraction of sp³-hybridized carbons (Fsp3) is 0.263. The van der Waals surface area contributed by atoms with Crippen molar-refractivity contribution in [1.29, 1.82) is 0 Å². The van der Waals surface area contributed by atoms with Crippen LogP contribution >= 0.6 is 11.6 Å². The van der Waals surface area contributed by atoms with Gasteiger partial charge in [-0.2, -0.15) is 5.10 Å². The van der Waals surface area contributed by atoms with Crippen molar-refractivity contribution in [3.63, 3.8) is 0 Å². The van der Waals surface area contributed by atoms with Crippen LogP contribution in [0.2, 0.25) is 5.02 Å². The smallest absolute Gasteiger partial charge is 0.274 e. The summed E-state index contributed by atoms with van der Waals surface area (Å²) in [5, 5.41) is 5.02. The Kier molecular flexibility index (Phi) is 5.62. The fourth-order valence-electron chi connectivity index (χ4n) is 2.80. The molecule has 148 valence electrons. The van der Waals surface area contributed by atoms with E-state index < -0.39 is 15.9 Å². The Morgan fingerprint density at radius 2 is 1.96 bits per heavy atom. The summed E-state index contributed by atoms with van der Waals surface area (Å²) in [6.45, 7) is 1.68. The van der Waals surface area contributed by atoms with Crippen molar-refractivity contribution in [2.24, 2.45) is 0 Å². The van der Waals surface area contributed by atoms with Crippen molar-refractivity contribution < 1.29 is 17.6 Å². The van der Waals surface area contributed by atoms with Crippen LogP contribution in [0.4, 0.5) is 0 Å². The SMILES string of the molecule is CC(CS(C)(=O)=O)N(C)C(=O)c1cc(-c2ccco2)n(-c2ccc(Cl)cc2)n1. The van der Waals surface area contributed by atoms with E-state index in [2.05, 4.69) is 5.10 Å². The third-order valence-electron chi connectivity index (χ3n) is 4.30. The number of aromatic nitrogens is 2. The van der Waals surface area contributed by atoms with Crippen LogP contribution in [-0.2, 0) is 9.84 Å². The van der Waals surface area contributed by atoms with Gasteiger partial charge in [-0.3, -0.25) is 4.79 Å². The maximum absolute atomic E-state index is 12.9. The second kappa shape index (κ2) is 7.81. The summed E-state index contributed by atoms with van der Waals surface area (Å²) < 4.78 is 30.2. The Morgan fingerprint density at radius 3 is 2.54 bits per heavy atom. The van der Waals surface area contributed by atoms with Crippen molar-refractivity contribution in [3.8, 4) is 17.1 Å². The number of halogens is 1. The van der Waals surface area contributed by atoms with Crippen molar-refractivity contribution in [2.45, 2.75) is 13.0 Å². The monoisotopic (exact) mass is 421 g/mol. The number of carbonyl (C=O) groups excluding carboxylic acids is 1. The molecule has 0 fully saturated rings. The molecule has 1 atom stereocenters. The number of furan rings is 1. The van der Waals surface area contributed by atoms with Gasteiger partial charge >= 0.3 is 0 Å². The Hall–Kier alpha value is -2.58. The Morgan fingerprint density at radius 1 is 1.29 bits per heavy atom. The number of amides is 1. The van der Waals surface area contributed by atoms with Gasteiger partial charge in [-0.15, -0.1) is 0 Å². The molecule has 0 radical (unpaired) electrons. The predicted octanol–water partition coefficient (Wildman–Crippen LogP) is 3.29. The molecule has 0 bridgehead atoms. The number of nitrogens with zero attached hydrogens (tertiary/aromatic N) is 3. The fourth-order valence-corrected chi connectivity index (χ4v) is 4.02. The van der Waals surface area contributed by atoms with E-state index in [4.69, 9.17) is 16.0 Å². The van der Waals surface area contributed by atoms with Crippen LogP contribution in [0.25, 0.3) is 17.1 Å². The van der Waals surface area contributed by atoms with Crippen molar-refractivity contribution >= 4 is 27.3 Å². The standard InChI is InChI=1S/C19H20ClN3O4S/c1-13(12-28(3,25)26)22(2)19(24)16-11-17(18-5-4-10-27-18)23(21-16)15-8-6-14(20)7-9-15/h4-11,13H,12H2,1-3H3. The van der Waals surface area contributed by atoms with Crippen LogP contribution < -0.4 is 0 Å². The van der Waals surface area contributed by atoms with Gasteiger partial charge in [0, 0.05) is 30.4 Å². The normalized spacial score (nSPS) is 12.7. The van der Waals surface area contributed by atoms with Crippen LogP contribution in [0.5, 0.6) is 0 Å². The van der Waals surface area contributed by atoms with Crippen molar-refractivity contribution in [3.05, 3.63) is 59.4 Å². The molecule has 0 aliphatic rings. The summed E-state index contributed by atoms with van der Waals surface area (Å²) in [6.07, 6.45) is 2.68. The number of hydrogen-bond donors (Lipinski definition) is 0. The molecule has 0 saturated heterocycles. The molecule has 3 rings (SSSR count). The van der Waals surface area contributed by atoms with E-state index in [9.17, 15) is 13.2 Å². The molecule has 0 aliphatic carbocycles. The zero-order valence-corrected chi connectivity index (χ0v) is 17.2. The molecule has 2 heterocycles. The average Bonchev–Trinajstić information content (AvgIpc) is 3.29. The number of hydrogen-bond acceptors (Lipinski definition) is 5. The zero-order chi connectivity index (χ0) is 20.5. The first-order valence-corrected chi connectivity index (χ1v) is 10.9. The van der Waals surface area contributed by atoms with Gasteiger partial charge < -0.3 is 9.32 Å². The summed E-state index contributed by atoms with van der Waals surface area (Å²) in [5.74, 6) is 0.0445. The topological polar surface area (TPSA) is 85.4 Å². The van der Waals surface area contributed by atoms with Gasteiger partial charge in [-0.05, 0) is 43.3 Å². The minimum atomic E-state index is -3.22. The maximum Gasteiger partial charge on any atom is 0.274 e. The van der Waals surface area contributed by atoms with Crippen molar-refractivity contribution in [1.82, 2.24) is 14.7 Å². The third kappa shape index (κ3) is 4.45. The molecular formula is C19H20ClN3O4S. The van der Waals surface area contributed by atoms with Gasteiger partial charge in [0.15, 0.2) is 11.5 Å². The minimum Gasteiger partial charge on any atom is -0.463 e. The van der Waals surface area contributed by atoms with Gasteiger partial charge in [0.2, 0.25) is 0 Å². The van der Waals surface area contributed by atoms with Crippen molar-refractivity contribution in [2.75, 3.05) is 19.1 Å². The van der Waals surface area contributed by atoms with Gasteiger partial charge in [0.25, 0.3) is 5.91 Å². The molecule has 1 aromatic carbocycles. The molecule has 2 aromatic heterocycles. The van der Waals surface area contributed by atoms with E-state index in [0.717, 1.165) is 6.26 Å². The van der Waals surface area contributed by atoms with Crippen LogP contribution in [0.1, 0.15) is 17.4 Å². The third-order valence-corrected chi connectivity index (χ3v) is 5.64. The predicted molar refractivity (Wildman–Crippen MR) is 108 cm³/mol. The Labute approximate surface area is 168 Å². The number of rotatable bonds is 6. The summed E-state index contributed by atoms with van der Waals surface area (Å²) in [7, 11) is -1.66. The second-order valence-electron chi connectivity index (χ2n) is 6.64. The van der Waals surface area contributed by atoms with E-state index in [1.54, 1.807) is 61.1 Å². The van der Waals surface area contributed by atoms with Gasteiger partial charge in [0.05, 0.1) is 17.7 Å². The summed E-state index contributed by atoms with van der Waals surface area (Å²) >= 11 is 5.97. The highest BCUT2D eigenvalue weighted by Crippen LogP contribution is 2.26. The van der Waals surface area contributed by atoms with Crippen LogP contribution in [0, 0.1) is 0 Å². The largest absolute Gasteiger partial charge is 0.463 e. The first-order chi connectivity index (χ1) is 13.2. The van der Waals surface area contributed by atoms with Gasteiger partial charge in [0.1, 0.15) is 15.5 Å². The molecule has 9 heteroatoms. The first-order valence-electron chi connectivity index (χ1n) is 8.50. The average molecular weight is 422 g/mol. The van der Waals surface area contributed by atoms with Crippen LogP contribution in [0.15, 0.2) is 53.1 Å². The molecule has 0 spiro atoms. The number of carbonyl (C=O) groups is 1. The lowest BCUT2D eigenvalue weighted by atomic mass is 10.2. The molecule has 0 saturated carbocycles. The van der Waals surface area contributed by atoms with E-state index in [0.29, 0.717) is 22.2 Å². The Bertz CT molecular complexity index is 1070. The molecule has 1 amide bonds. The molecule has 3 aromatic rings. The van der Waals surface area contributed by atoms with E-state index in [1.165, 1.54) is 11.2 Å². The highest BCUT2D eigenvalue weighted by Gasteiger charge is 2.25. The van der Waals surface area contributed by atoms with E-state index >= 15 is 0 Å².